The number of aromatic hydroxyl groups is 1. The highest BCUT2D eigenvalue weighted by molar-refractivity contribution is 6.30. The third-order valence-electron chi connectivity index (χ3n) is 1.95. The first-order valence-corrected chi connectivity index (χ1v) is 4.61. The molecule has 0 unspecified atom stereocenters. The van der Waals surface area contributed by atoms with Crippen LogP contribution in [0.5, 0.6) is 5.75 Å². The molecule has 0 saturated heterocycles. The van der Waals surface area contributed by atoms with Gasteiger partial charge in [-0.3, -0.25) is 0 Å². The van der Waals surface area contributed by atoms with Crippen LogP contribution in [0.1, 0.15) is 0 Å². The Morgan fingerprint density at radius 1 is 1.14 bits per heavy atom. The number of phenolic OH excluding ortho intramolecular Hbond substituents is 1. The second-order valence-corrected chi connectivity index (χ2v) is 3.38. The van der Waals surface area contributed by atoms with Gasteiger partial charge in [-0.15, -0.1) is 0 Å². The van der Waals surface area contributed by atoms with Gasteiger partial charge in [0.05, 0.1) is 0 Å². The van der Waals surface area contributed by atoms with Crippen molar-refractivity contribution in [3.8, 4) is 16.9 Å². The minimum atomic E-state index is 0.217. The zero-order valence-corrected chi connectivity index (χ0v) is 8.12. The van der Waals surface area contributed by atoms with Gasteiger partial charge in [-0.2, -0.15) is 0 Å². The molecule has 0 bridgehead atoms. The predicted octanol–water partition coefficient (Wildman–Crippen LogP) is 3.51. The predicted molar refractivity (Wildman–Crippen MR) is 57.4 cm³/mol. The largest absolute Gasteiger partial charge is 0.507 e. The van der Waals surface area contributed by atoms with Crippen molar-refractivity contribution < 1.29 is 5.11 Å². The van der Waals surface area contributed by atoms with Crippen LogP contribution >= 0.6 is 11.6 Å². The van der Waals surface area contributed by atoms with E-state index in [9.17, 15) is 5.11 Å². The Morgan fingerprint density at radius 2 is 2.00 bits per heavy atom. The van der Waals surface area contributed by atoms with E-state index < -0.39 is 0 Å². The molecule has 0 fully saturated rings. The summed E-state index contributed by atoms with van der Waals surface area (Å²) in [5.74, 6) is 0.217. The van der Waals surface area contributed by atoms with Gasteiger partial charge in [-0.1, -0.05) is 35.9 Å². The monoisotopic (exact) mass is 203 g/mol. The van der Waals surface area contributed by atoms with Gasteiger partial charge in [-0.05, 0) is 29.8 Å². The standard InChI is InChI=1S/C12H8ClO/c13-10-5-3-4-9(8-10)11-6-1-2-7-12(11)14/h1-5,7-8,14H. The lowest BCUT2D eigenvalue weighted by molar-refractivity contribution is 0.477. The SMILES string of the molecule is Oc1ccc[c]c1-c1cccc(Cl)c1. The number of benzene rings is 2. The molecular formula is C12H8ClO. The Kier molecular flexibility index (Phi) is 2.42. The van der Waals surface area contributed by atoms with Crippen molar-refractivity contribution >= 4 is 11.6 Å². The molecule has 1 radical (unpaired) electrons. The fourth-order valence-electron chi connectivity index (χ4n) is 1.30. The van der Waals surface area contributed by atoms with Gasteiger partial charge < -0.3 is 5.11 Å². The maximum Gasteiger partial charge on any atom is 0.124 e. The van der Waals surface area contributed by atoms with E-state index in [-0.39, 0.29) is 5.75 Å². The van der Waals surface area contributed by atoms with E-state index in [4.69, 9.17) is 11.6 Å². The van der Waals surface area contributed by atoms with Crippen LogP contribution in [0.25, 0.3) is 11.1 Å². The lowest BCUT2D eigenvalue weighted by Crippen LogP contribution is -1.78. The first kappa shape index (κ1) is 9.10. The molecule has 2 heteroatoms. The van der Waals surface area contributed by atoms with Gasteiger partial charge in [-0.25, -0.2) is 0 Å². The molecule has 0 heterocycles. The molecule has 0 spiro atoms. The van der Waals surface area contributed by atoms with Gasteiger partial charge in [0.1, 0.15) is 5.75 Å². The molecule has 2 aromatic carbocycles. The Morgan fingerprint density at radius 3 is 2.71 bits per heavy atom. The molecule has 69 valence electrons. The number of hydrogen-bond acceptors (Lipinski definition) is 1. The Hall–Kier alpha value is -1.47. The van der Waals surface area contributed by atoms with Crippen molar-refractivity contribution in [3.05, 3.63) is 53.6 Å². The second kappa shape index (κ2) is 3.72. The summed E-state index contributed by atoms with van der Waals surface area (Å²) in [5, 5.41) is 10.2. The molecule has 1 nitrogen and oxygen atoms in total. The highest BCUT2D eigenvalue weighted by Crippen LogP contribution is 2.29. The molecule has 2 rings (SSSR count). The summed E-state index contributed by atoms with van der Waals surface area (Å²) in [6.45, 7) is 0. The third kappa shape index (κ3) is 1.73. The topological polar surface area (TPSA) is 20.2 Å². The summed E-state index contributed by atoms with van der Waals surface area (Å²) in [7, 11) is 0. The van der Waals surface area contributed by atoms with Crippen molar-refractivity contribution in [1.82, 2.24) is 0 Å². The molecule has 0 aromatic heterocycles. The van der Waals surface area contributed by atoms with Gasteiger partial charge in [0.2, 0.25) is 0 Å². The van der Waals surface area contributed by atoms with Crippen molar-refractivity contribution in [1.29, 1.82) is 0 Å². The molecule has 0 atom stereocenters. The average Bonchev–Trinajstić information content (AvgIpc) is 2.18. The summed E-state index contributed by atoms with van der Waals surface area (Å²) in [5.41, 5.74) is 1.55. The molecule has 0 saturated carbocycles. The van der Waals surface area contributed by atoms with Gasteiger partial charge in [0.15, 0.2) is 0 Å². The molecule has 2 aromatic rings. The van der Waals surface area contributed by atoms with E-state index in [0.717, 1.165) is 5.56 Å². The van der Waals surface area contributed by atoms with Crippen LogP contribution in [0, 0.1) is 6.07 Å². The van der Waals surface area contributed by atoms with E-state index in [1.807, 2.05) is 12.1 Å². The third-order valence-corrected chi connectivity index (χ3v) is 2.18. The minimum Gasteiger partial charge on any atom is -0.507 e. The van der Waals surface area contributed by atoms with Crippen molar-refractivity contribution in [2.24, 2.45) is 0 Å². The number of hydrogen-bond donors (Lipinski definition) is 1. The number of halogens is 1. The van der Waals surface area contributed by atoms with Crippen molar-refractivity contribution in [2.75, 3.05) is 0 Å². The summed E-state index contributed by atoms with van der Waals surface area (Å²) in [4.78, 5) is 0. The minimum absolute atomic E-state index is 0.217. The highest BCUT2D eigenvalue weighted by Gasteiger charge is 2.02. The molecule has 1 N–H and O–H groups in total. The van der Waals surface area contributed by atoms with E-state index >= 15 is 0 Å². The van der Waals surface area contributed by atoms with Crippen LogP contribution < -0.4 is 0 Å². The van der Waals surface area contributed by atoms with Gasteiger partial charge >= 0.3 is 0 Å². The summed E-state index contributed by atoms with van der Waals surface area (Å²) < 4.78 is 0. The fourth-order valence-corrected chi connectivity index (χ4v) is 1.49. The van der Waals surface area contributed by atoms with E-state index in [0.29, 0.717) is 10.6 Å². The van der Waals surface area contributed by atoms with E-state index in [2.05, 4.69) is 6.07 Å². The Labute approximate surface area is 87.6 Å². The molecule has 0 aliphatic heterocycles. The first-order valence-electron chi connectivity index (χ1n) is 4.23. The van der Waals surface area contributed by atoms with Gasteiger partial charge in [0.25, 0.3) is 0 Å². The lowest BCUT2D eigenvalue weighted by atomic mass is 10.1. The van der Waals surface area contributed by atoms with Crippen LogP contribution in [0.4, 0.5) is 0 Å². The second-order valence-electron chi connectivity index (χ2n) is 2.94. The summed E-state index contributed by atoms with van der Waals surface area (Å²) >= 11 is 5.85. The number of phenols is 1. The molecule has 0 amide bonds. The quantitative estimate of drug-likeness (QED) is 0.752. The fraction of sp³-hybridized carbons (Fsp3) is 0. The van der Waals surface area contributed by atoms with Crippen LogP contribution in [-0.4, -0.2) is 5.11 Å². The highest BCUT2D eigenvalue weighted by atomic mass is 35.5. The van der Waals surface area contributed by atoms with Crippen molar-refractivity contribution in [3.63, 3.8) is 0 Å². The molecule has 14 heavy (non-hydrogen) atoms. The summed E-state index contributed by atoms with van der Waals surface area (Å²) in [6, 6.07) is 15.4. The van der Waals surface area contributed by atoms with E-state index in [1.54, 1.807) is 30.3 Å². The average molecular weight is 204 g/mol. The van der Waals surface area contributed by atoms with Gasteiger partial charge in [0, 0.05) is 10.6 Å². The van der Waals surface area contributed by atoms with Crippen molar-refractivity contribution in [2.45, 2.75) is 0 Å². The zero-order chi connectivity index (χ0) is 9.97. The molecular weight excluding hydrogens is 196 g/mol. The van der Waals surface area contributed by atoms with E-state index in [1.165, 1.54) is 0 Å². The maximum atomic E-state index is 9.58. The van der Waals surface area contributed by atoms with Crippen LogP contribution in [0.2, 0.25) is 5.02 Å². The smallest absolute Gasteiger partial charge is 0.124 e. The molecule has 0 aliphatic carbocycles. The Bertz CT molecular complexity index is 452. The normalized spacial score (nSPS) is 10.1. The van der Waals surface area contributed by atoms with Crippen LogP contribution in [0.15, 0.2) is 42.5 Å². The van der Waals surface area contributed by atoms with Crippen LogP contribution in [-0.2, 0) is 0 Å². The number of rotatable bonds is 1. The lowest BCUT2D eigenvalue weighted by Gasteiger charge is -2.03. The Balaban J connectivity index is 2.55. The van der Waals surface area contributed by atoms with Crippen LogP contribution in [0.3, 0.4) is 0 Å². The molecule has 0 aliphatic rings. The maximum absolute atomic E-state index is 9.58. The summed E-state index contributed by atoms with van der Waals surface area (Å²) in [6.07, 6.45) is 0. The first-order chi connectivity index (χ1) is 6.77. The zero-order valence-electron chi connectivity index (χ0n) is 7.37.